The molecule has 1 aromatic rings. The van der Waals surface area contributed by atoms with Crippen LogP contribution in [0, 0.1) is 5.82 Å². The highest BCUT2D eigenvalue weighted by Gasteiger charge is 2.10. The summed E-state index contributed by atoms with van der Waals surface area (Å²) in [6.07, 6.45) is -0.0216. The molecule has 0 fully saturated rings. The van der Waals surface area contributed by atoms with Gasteiger partial charge in [-0.25, -0.2) is 4.39 Å². The van der Waals surface area contributed by atoms with E-state index >= 15 is 0 Å². The molecular formula is C14H21FN2O3. The smallest absolute Gasteiger partial charge is 0.305 e. The van der Waals surface area contributed by atoms with Gasteiger partial charge < -0.3 is 20.1 Å². The molecule has 112 valence electrons. The maximum atomic E-state index is 13.8. The number of hydrogen-bond acceptors (Lipinski definition) is 4. The van der Waals surface area contributed by atoms with Gasteiger partial charge in [0, 0.05) is 33.8 Å². The number of nitrogens with one attached hydrogen (secondary N) is 1. The molecular weight excluding hydrogens is 263 g/mol. The molecule has 1 rings (SSSR count). The van der Waals surface area contributed by atoms with E-state index in [1.807, 2.05) is 0 Å². The van der Waals surface area contributed by atoms with E-state index in [-0.39, 0.29) is 18.8 Å². The van der Waals surface area contributed by atoms with Crippen LogP contribution in [-0.4, -0.2) is 44.9 Å². The molecule has 2 N–H and O–H groups in total. The van der Waals surface area contributed by atoms with Crippen LogP contribution in [0.3, 0.4) is 0 Å². The van der Waals surface area contributed by atoms with Gasteiger partial charge in [0.2, 0.25) is 0 Å². The number of benzene rings is 1. The molecule has 0 aliphatic rings. The quantitative estimate of drug-likeness (QED) is 0.672. The number of carboxylic acids is 1. The van der Waals surface area contributed by atoms with Gasteiger partial charge in [0.1, 0.15) is 5.82 Å². The highest BCUT2D eigenvalue weighted by Crippen LogP contribution is 2.20. The second-order valence-electron chi connectivity index (χ2n) is 4.52. The standard InChI is InChI=1S/C14H21FN2O3/c1-17(7-5-14(18)19)13-9-11(3-4-12(13)15)10-16-6-8-20-2/h3-4,9,16H,5-8,10H2,1-2H3,(H,18,19). The zero-order valence-corrected chi connectivity index (χ0v) is 11.9. The fraction of sp³-hybridized carbons (Fsp3) is 0.500. The number of carboxylic acid groups (broad SMARTS) is 1. The van der Waals surface area contributed by atoms with Crippen LogP contribution in [0.5, 0.6) is 0 Å². The minimum absolute atomic E-state index is 0.0216. The van der Waals surface area contributed by atoms with Gasteiger partial charge in [-0.05, 0) is 17.7 Å². The first-order valence-corrected chi connectivity index (χ1v) is 6.45. The Balaban J connectivity index is 2.63. The summed E-state index contributed by atoms with van der Waals surface area (Å²) in [6, 6.07) is 4.85. The topological polar surface area (TPSA) is 61.8 Å². The normalized spacial score (nSPS) is 10.6. The van der Waals surface area contributed by atoms with Gasteiger partial charge in [0.15, 0.2) is 0 Å². The highest BCUT2D eigenvalue weighted by molar-refractivity contribution is 5.67. The Bertz CT molecular complexity index is 440. The van der Waals surface area contributed by atoms with E-state index in [1.165, 1.54) is 6.07 Å². The second-order valence-corrected chi connectivity index (χ2v) is 4.52. The summed E-state index contributed by atoms with van der Waals surface area (Å²) in [5.74, 6) is -1.24. The van der Waals surface area contributed by atoms with Crippen LogP contribution in [0.1, 0.15) is 12.0 Å². The molecule has 0 radical (unpaired) electrons. The Kier molecular flexibility index (Phi) is 6.97. The number of anilines is 1. The first-order valence-electron chi connectivity index (χ1n) is 6.45. The van der Waals surface area contributed by atoms with Gasteiger partial charge in [0.25, 0.3) is 0 Å². The summed E-state index contributed by atoms with van der Waals surface area (Å²) in [5.41, 5.74) is 1.36. The zero-order chi connectivity index (χ0) is 15.0. The Labute approximate surface area is 118 Å². The van der Waals surface area contributed by atoms with E-state index in [0.29, 0.717) is 18.8 Å². The number of nitrogens with zero attached hydrogens (tertiary/aromatic N) is 1. The van der Waals surface area contributed by atoms with Crippen molar-refractivity contribution in [2.24, 2.45) is 0 Å². The lowest BCUT2D eigenvalue weighted by Crippen LogP contribution is -2.23. The van der Waals surface area contributed by atoms with Crippen molar-refractivity contribution in [3.8, 4) is 0 Å². The van der Waals surface area contributed by atoms with Crippen LogP contribution < -0.4 is 10.2 Å². The summed E-state index contributed by atoms with van der Waals surface area (Å²) in [6.45, 7) is 2.22. The summed E-state index contributed by atoms with van der Waals surface area (Å²) < 4.78 is 18.7. The summed E-state index contributed by atoms with van der Waals surface area (Å²) in [5, 5.41) is 11.8. The average molecular weight is 284 g/mol. The average Bonchev–Trinajstić information content (AvgIpc) is 2.42. The summed E-state index contributed by atoms with van der Waals surface area (Å²) in [7, 11) is 3.32. The molecule has 5 nitrogen and oxygen atoms in total. The molecule has 0 amide bonds. The third-order valence-electron chi connectivity index (χ3n) is 2.89. The largest absolute Gasteiger partial charge is 0.481 e. The van der Waals surface area contributed by atoms with Crippen LogP contribution in [-0.2, 0) is 16.1 Å². The van der Waals surface area contributed by atoms with Crippen LogP contribution in [0.15, 0.2) is 18.2 Å². The molecule has 6 heteroatoms. The molecule has 0 spiro atoms. The van der Waals surface area contributed by atoms with Gasteiger partial charge >= 0.3 is 5.97 Å². The third-order valence-corrected chi connectivity index (χ3v) is 2.89. The van der Waals surface area contributed by atoms with Crippen molar-refractivity contribution in [3.63, 3.8) is 0 Å². The van der Waals surface area contributed by atoms with E-state index < -0.39 is 5.97 Å². The van der Waals surface area contributed by atoms with Crippen molar-refractivity contribution >= 4 is 11.7 Å². The third kappa shape index (κ3) is 5.54. The fourth-order valence-electron chi connectivity index (χ4n) is 1.75. The van der Waals surface area contributed by atoms with Crippen LogP contribution in [0.4, 0.5) is 10.1 Å². The number of hydrogen-bond donors (Lipinski definition) is 2. The first-order chi connectivity index (χ1) is 9.54. The predicted octanol–water partition coefficient (Wildman–Crippen LogP) is 1.47. The number of methoxy groups -OCH3 is 1. The van der Waals surface area contributed by atoms with Gasteiger partial charge in [-0.15, -0.1) is 0 Å². The molecule has 0 aliphatic heterocycles. The SMILES string of the molecule is COCCNCc1ccc(F)c(N(C)CCC(=O)O)c1. The van der Waals surface area contributed by atoms with E-state index in [0.717, 1.165) is 12.1 Å². The molecule has 0 aliphatic carbocycles. The molecule has 0 aromatic heterocycles. The molecule has 1 aromatic carbocycles. The Morgan fingerprint density at radius 2 is 2.25 bits per heavy atom. The molecule has 20 heavy (non-hydrogen) atoms. The number of rotatable bonds is 9. The maximum absolute atomic E-state index is 13.8. The molecule has 0 saturated heterocycles. The van der Waals surface area contributed by atoms with Crippen LogP contribution in [0.25, 0.3) is 0 Å². The minimum Gasteiger partial charge on any atom is -0.481 e. The Hall–Kier alpha value is -1.66. The van der Waals surface area contributed by atoms with Gasteiger partial charge in [0.05, 0.1) is 18.7 Å². The zero-order valence-electron chi connectivity index (χ0n) is 11.9. The highest BCUT2D eigenvalue weighted by atomic mass is 19.1. The molecule has 0 bridgehead atoms. The van der Waals surface area contributed by atoms with Gasteiger partial charge in [-0.1, -0.05) is 6.07 Å². The number of carbonyl (C=O) groups is 1. The Morgan fingerprint density at radius 1 is 1.50 bits per heavy atom. The molecule has 0 atom stereocenters. The Morgan fingerprint density at radius 3 is 2.90 bits per heavy atom. The molecule has 0 heterocycles. The van der Waals surface area contributed by atoms with Crippen molar-refractivity contribution in [1.82, 2.24) is 5.32 Å². The maximum Gasteiger partial charge on any atom is 0.305 e. The molecule has 0 unspecified atom stereocenters. The monoisotopic (exact) mass is 284 g/mol. The second kappa shape index (κ2) is 8.50. The van der Waals surface area contributed by atoms with E-state index in [2.05, 4.69) is 5.32 Å². The first kappa shape index (κ1) is 16.4. The minimum atomic E-state index is -0.894. The van der Waals surface area contributed by atoms with Crippen molar-refractivity contribution in [2.45, 2.75) is 13.0 Å². The predicted molar refractivity (Wildman–Crippen MR) is 75.5 cm³/mol. The number of ether oxygens (including phenoxy) is 1. The number of halogens is 1. The fourth-order valence-corrected chi connectivity index (χ4v) is 1.75. The van der Waals surface area contributed by atoms with Crippen LogP contribution >= 0.6 is 0 Å². The van der Waals surface area contributed by atoms with Gasteiger partial charge in [-0.2, -0.15) is 0 Å². The van der Waals surface area contributed by atoms with Crippen molar-refractivity contribution in [1.29, 1.82) is 0 Å². The lowest BCUT2D eigenvalue weighted by molar-refractivity contribution is -0.136. The van der Waals surface area contributed by atoms with E-state index in [9.17, 15) is 9.18 Å². The lowest BCUT2D eigenvalue weighted by atomic mass is 10.1. The summed E-state index contributed by atoms with van der Waals surface area (Å²) in [4.78, 5) is 12.2. The van der Waals surface area contributed by atoms with Gasteiger partial charge in [-0.3, -0.25) is 4.79 Å². The lowest BCUT2D eigenvalue weighted by Gasteiger charge is -2.20. The van der Waals surface area contributed by atoms with E-state index in [4.69, 9.17) is 9.84 Å². The van der Waals surface area contributed by atoms with E-state index in [1.54, 1.807) is 31.2 Å². The van der Waals surface area contributed by atoms with Crippen molar-refractivity contribution < 1.29 is 19.0 Å². The number of aliphatic carboxylic acids is 1. The summed E-state index contributed by atoms with van der Waals surface area (Å²) >= 11 is 0. The van der Waals surface area contributed by atoms with Crippen LogP contribution in [0.2, 0.25) is 0 Å². The van der Waals surface area contributed by atoms with Crippen molar-refractivity contribution in [2.75, 3.05) is 38.8 Å². The molecule has 0 saturated carbocycles. The van der Waals surface area contributed by atoms with Crippen molar-refractivity contribution in [3.05, 3.63) is 29.6 Å².